The molecule has 3 rings (SSSR count). The molecule has 2 nitrogen and oxygen atoms in total. The minimum absolute atomic E-state index is 0.0184. The number of hydrogen-bond donors (Lipinski definition) is 1. The van der Waals surface area contributed by atoms with E-state index in [-0.39, 0.29) is 12.7 Å². The van der Waals surface area contributed by atoms with E-state index in [0.717, 1.165) is 22.3 Å². The second-order valence-corrected chi connectivity index (χ2v) is 8.59. The van der Waals surface area contributed by atoms with Gasteiger partial charge in [0.1, 0.15) is 0 Å². The summed E-state index contributed by atoms with van der Waals surface area (Å²) < 4.78 is 4.39. The fourth-order valence-corrected chi connectivity index (χ4v) is 3.43. The van der Waals surface area contributed by atoms with E-state index in [1.165, 1.54) is 0 Å². The first kappa shape index (κ1) is 18.8. The van der Waals surface area contributed by atoms with Gasteiger partial charge in [-0.25, -0.2) is 0 Å². The lowest BCUT2D eigenvalue weighted by Gasteiger charge is -2.22. The zero-order valence-corrected chi connectivity index (χ0v) is 15.8. The maximum atomic E-state index is 10.6. The Morgan fingerprint density at radius 2 is 1.44 bits per heavy atom. The number of aliphatic hydroxyl groups excluding tert-OH is 1. The molecular weight excluding hydrogens is 379 g/mol. The van der Waals surface area contributed by atoms with Crippen molar-refractivity contribution < 1.29 is 9.84 Å². The van der Waals surface area contributed by atoms with Crippen molar-refractivity contribution >= 4 is 40.4 Å². The molecule has 0 aromatic heterocycles. The molecule has 2 aromatic carbocycles. The third kappa shape index (κ3) is 4.78. The molecule has 0 aliphatic heterocycles. The maximum absolute atomic E-state index is 10.6. The second-order valence-electron chi connectivity index (χ2n) is 6.07. The van der Waals surface area contributed by atoms with Crippen LogP contribution in [0.4, 0.5) is 0 Å². The molecule has 0 unspecified atom stereocenters. The average molecular weight is 398 g/mol. The Labute approximate surface area is 163 Å². The van der Waals surface area contributed by atoms with Gasteiger partial charge in [-0.05, 0) is 35.1 Å². The van der Waals surface area contributed by atoms with Gasteiger partial charge in [0.15, 0.2) is 0 Å². The van der Waals surface area contributed by atoms with Gasteiger partial charge in [-0.1, -0.05) is 95.5 Å². The van der Waals surface area contributed by atoms with Crippen LogP contribution in [0.5, 0.6) is 0 Å². The standard InChI is InChI=1S/C20H19Cl3O2/c21-20(22,23)13-25-17-12-11-16(24)19(17)18(14-7-3-1-4-8-14)15-9-5-2-6-10-15/h1-10,16-17,24H,11-13H2/t16-,17+/m0/s1. The van der Waals surface area contributed by atoms with Gasteiger partial charge in [0, 0.05) is 0 Å². The summed E-state index contributed by atoms with van der Waals surface area (Å²) in [7, 11) is 0. The highest BCUT2D eigenvalue weighted by Crippen LogP contribution is 2.39. The van der Waals surface area contributed by atoms with Crippen molar-refractivity contribution in [3.05, 3.63) is 77.4 Å². The van der Waals surface area contributed by atoms with Crippen LogP contribution < -0.4 is 0 Å². The fraction of sp³-hybridized carbons (Fsp3) is 0.300. The smallest absolute Gasteiger partial charge is 0.213 e. The van der Waals surface area contributed by atoms with Gasteiger partial charge >= 0.3 is 0 Å². The van der Waals surface area contributed by atoms with Gasteiger partial charge in [-0.15, -0.1) is 0 Å². The summed E-state index contributed by atoms with van der Waals surface area (Å²) in [6.45, 7) is -0.0184. The number of aliphatic hydroxyl groups is 1. The van der Waals surface area contributed by atoms with E-state index in [2.05, 4.69) is 0 Å². The summed E-state index contributed by atoms with van der Waals surface area (Å²) in [4.78, 5) is 0. The van der Waals surface area contributed by atoms with Crippen molar-refractivity contribution in [1.29, 1.82) is 0 Å². The lowest BCUT2D eigenvalue weighted by molar-refractivity contribution is 0.0838. The van der Waals surface area contributed by atoms with E-state index in [1.54, 1.807) is 0 Å². The highest BCUT2D eigenvalue weighted by Gasteiger charge is 2.35. The normalized spacial score (nSPS) is 20.7. The molecule has 2 atom stereocenters. The van der Waals surface area contributed by atoms with Gasteiger partial charge in [0.2, 0.25) is 3.79 Å². The summed E-state index contributed by atoms with van der Waals surface area (Å²) in [6.07, 6.45) is 0.473. The largest absolute Gasteiger partial charge is 0.389 e. The molecule has 1 aliphatic rings. The minimum atomic E-state index is -1.47. The summed E-state index contributed by atoms with van der Waals surface area (Å²) in [5.41, 5.74) is 3.91. The van der Waals surface area contributed by atoms with Gasteiger partial charge in [-0.3, -0.25) is 0 Å². The van der Waals surface area contributed by atoms with E-state index < -0.39 is 9.90 Å². The molecule has 0 radical (unpaired) electrons. The van der Waals surface area contributed by atoms with Gasteiger partial charge in [0.25, 0.3) is 0 Å². The molecule has 25 heavy (non-hydrogen) atoms. The average Bonchev–Trinajstić information content (AvgIpc) is 2.96. The van der Waals surface area contributed by atoms with Crippen molar-refractivity contribution in [3.63, 3.8) is 0 Å². The Morgan fingerprint density at radius 3 is 1.92 bits per heavy atom. The first-order valence-electron chi connectivity index (χ1n) is 8.17. The van der Waals surface area contributed by atoms with Gasteiger partial charge in [-0.2, -0.15) is 0 Å². The molecule has 1 aliphatic carbocycles. The van der Waals surface area contributed by atoms with Gasteiger partial charge in [0.05, 0.1) is 18.8 Å². The van der Waals surface area contributed by atoms with Crippen molar-refractivity contribution in [2.24, 2.45) is 0 Å². The molecule has 2 aromatic rings. The molecular formula is C20H19Cl3O2. The summed E-state index contributed by atoms with van der Waals surface area (Å²) in [6, 6.07) is 20.0. The Kier molecular flexibility index (Phi) is 6.08. The lowest BCUT2D eigenvalue weighted by atomic mass is 9.90. The summed E-state index contributed by atoms with van der Waals surface area (Å²) in [5, 5.41) is 10.6. The number of halogens is 3. The van der Waals surface area contributed by atoms with E-state index in [9.17, 15) is 5.11 Å². The number of benzene rings is 2. The minimum Gasteiger partial charge on any atom is -0.389 e. The Bertz CT molecular complexity index is 682. The van der Waals surface area contributed by atoms with Crippen molar-refractivity contribution in [2.75, 3.05) is 6.61 Å². The molecule has 1 saturated carbocycles. The van der Waals surface area contributed by atoms with Gasteiger partial charge < -0.3 is 9.84 Å². The monoisotopic (exact) mass is 396 g/mol. The zero-order chi connectivity index (χ0) is 17.9. The fourth-order valence-electron chi connectivity index (χ4n) is 3.24. The van der Waals surface area contributed by atoms with E-state index in [4.69, 9.17) is 39.5 Å². The topological polar surface area (TPSA) is 29.5 Å². The van der Waals surface area contributed by atoms with Crippen molar-refractivity contribution in [1.82, 2.24) is 0 Å². The molecule has 5 heteroatoms. The molecule has 1 N–H and O–H groups in total. The first-order chi connectivity index (χ1) is 12.0. The van der Waals surface area contributed by atoms with E-state index in [1.807, 2.05) is 60.7 Å². The van der Waals surface area contributed by atoms with E-state index in [0.29, 0.717) is 12.8 Å². The summed E-state index contributed by atoms with van der Waals surface area (Å²) >= 11 is 17.5. The van der Waals surface area contributed by atoms with Crippen LogP contribution in [0.15, 0.2) is 66.2 Å². The van der Waals surface area contributed by atoms with Crippen LogP contribution in [0.2, 0.25) is 0 Å². The van der Waals surface area contributed by atoms with Crippen LogP contribution in [0.25, 0.3) is 5.57 Å². The van der Waals surface area contributed by atoms with Crippen molar-refractivity contribution in [3.8, 4) is 0 Å². The number of rotatable bonds is 4. The van der Waals surface area contributed by atoms with Crippen LogP contribution in [-0.2, 0) is 4.74 Å². The molecule has 0 spiro atoms. The quantitative estimate of drug-likeness (QED) is 0.700. The van der Waals surface area contributed by atoms with Crippen LogP contribution in [-0.4, -0.2) is 27.7 Å². The molecule has 132 valence electrons. The highest BCUT2D eigenvalue weighted by molar-refractivity contribution is 6.67. The Balaban J connectivity index is 2.07. The SMILES string of the molecule is O[C@H]1CC[C@@H](OCC(Cl)(Cl)Cl)C1=C(c1ccccc1)c1ccccc1. The molecule has 0 saturated heterocycles. The predicted molar refractivity (Wildman–Crippen MR) is 104 cm³/mol. The van der Waals surface area contributed by atoms with Crippen LogP contribution in [0.1, 0.15) is 24.0 Å². The number of alkyl halides is 3. The highest BCUT2D eigenvalue weighted by atomic mass is 35.6. The third-order valence-corrected chi connectivity index (χ3v) is 4.60. The van der Waals surface area contributed by atoms with E-state index >= 15 is 0 Å². The Hall–Kier alpha value is -1.03. The number of ether oxygens (including phenoxy) is 1. The van der Waals surface area contributed by atoms with Crippen LogP contribution in [0.3, 0.4) is 0 Å². The first-order valence-corrected chi connectivity index (χ1v) is 9.30. The molecule has 0 amide bonds. The molecule has 1 fully saturated rings. The van der Waals surface area contributed by atoms with Crippen molar-refractivity contribution in [2.45, 2.75) is 28.8 Å². The maximum Gasteiger partial charge on any atom is 0.213 e. The van der Waals surface area contributed by atoms with Crippen LogP contribution >= 0.6 is 34.8 Å². The second kappa shape index (κ2) is 8.11. The third-order valence-electron chi connectivity index (χ3n) is 4.27. The molecule has 0 heterocycles. The predicted octanol–water partition coefficient (Wildman–Crippen LogP) is 5.40. The van der Waals surface area contributed by atoms with Crippen LogP contribution in [0, 0.1) is 0 Å². The lowest BCUT2D eigenvalue weighted by Crippen LogP contribution is -2.23. The number of hydrogen-bond acceptors (Lipinski definition) is 2. The molecule has 0 bridgehead atoms. The Morgan fingerprint density at radius 1 is 0.920 bits per heavy atom. The zero-order valence-electron chi connectivity index (χ0n) is 13.5. The summed E-state index contributed by atoms with van der Waals surface area (Å²) in [5.74, 6) is 0.